The topological polar surface area (TPSA) is 58.8 Å². The van der Waals surface area contributed by atoms with Gasteiger partial charge in [-0.15, -0.1) is 24.0 Å². The van der Waals surface area contributed by atoms with E-state index < -0.39 is 0 Å². The monoisotopic (exact) mass is 445 g/mol. The van der Waals surface area contributed by atoms with Gasteiger partial charge in [-0.1, -0.05) is 12.2 Å². The van der Waals surface area contributed by atoms with Gasteiger partial charge in [-0.3, -0.25) is 4.99 Å². The third kappa shape index (κ3) is 6.47. The van der Waals surface area contributed by atoms with Gasteiger partial charge in [-0.05, 0) is 44.2 Å². The van der Waals surface area contributed by atoms with E-state index in [0.29, 0.717) is 6.04 Å². The molecule has 24 heavy (non-hydrogen) atoms. The molecule has 0 aromatic carbocycles. The maximum atomic E-state index is 5.77. The van der Waals surface area contributed by atoms with Crippen molar-refractivity contribution in [3.63, 3.8) is 0 Å². The predicted molar refractivity (Wildman–Crippen MR) is 107 cm³/mol. The summed E-state index contributed by atoms with van der Waals surface area (Å²) >= 11 is 0. The van der Waals surface area contributed by atoms with Crippen molar-refractivity contribution in [1.82, 2.24) is 10.6 Å². The molecule has 0 spiro atoms. The number of hydrogen-bond donors (Lipinski definition) is 2. The number of halogens is 1. The van der Waals surface area contributed by atoms with Crippen LogP contribution >= 0.6 is 24.0 Å². The van der Waals surface area contributed by atoms with Crippen LogP contribution in [-0.4, -0.2) is 37.8 Å². The van der Waals surface area contributed by atoms with Crippen LogP contribution in [0.4, 0.5) is 0 Å². The lowest BCUT2D eigenvalue weighted by molar-refractivity contribution is 0.0224. The number of nitrogens with zero attached hydrogens (tertiary/aromatic N) is 1. The largest absolute Gasteiger partial charge is 0.469 e. The molecule has 2 heterocycles. The molecule has 1 atom stereocenters. The SMILES string of the molecule is C1=CCC(NC(=NCC2CCCCO2)NCCc2ccco2)C1.I. The summed E-state index contributed by atoms with van der Waals surface area (Å²) in [5.41, 5.74) is 0. The molecule has 134 valence electrons. The highest BCUT2D eigenvalue weighted by Crippen LogP contribution is 2.13. The van der Waals surface area contributed by atoms with Gasteiger partial charge in [0.25, 0.3) is 0 Å². The van der Waals surface area contributed by atoms with Gasteiger partial charge in [0, 0.05) is 25.6 Å². The maximum Gasteiger partial charge on any atom is 0.191 e. The maximum absolute atomic E-state index is 5.77. The molecule has 0 saturated carbocycles. The van der Waals surface area contributed by atoms with Crippen LogP contribution in [0.5, 0.6) is 0 Å². The van der Waals surface area contributed by atoms with Crippen molar-refractivity contribution in [3.8, 4) is 0 Å². The van der Waals surface area contributed by atoms with Crippen molar-refractivity contribution >= 4 is 29.9 Å². The van der Waals surface area contributed by atoms with Crippen molar-refractivity contribution in [2.45, 2.75) is 50.7 Å². The van der Waals surface area contributed by atoms with Gasteiger partial charge in [-0.25, -0.2) is 0 Å². The van der Waals surface area contributed by atoms with Gasteiger partial charge in [0.05, 0.1) is 18.9 Å². The van der Waals surface area contributed by atoms with Crippen molar-refractivity contribution in [2.75, 3.05) is 19.7 Å². The van der Waals surface area contributed by atoms with Crippen LogP contribution in [0.1, 0.15) is 37.9 Å². The summed E-state index contributed by atoms with van der Waals surface area (Å²) in [4.78, 5) is 4.74. The Labute approximate surface area is 161 Å². The molecule has 1 aromatic heterocycles. The zero-order valence-electron chi connectivity index (χ0n) is 14.1. The molecule has 0 radical (unpaired) electrons. The number of rotatable bonds is 6. The first-order valence-electron chi connectivity index (χ1n) is 8.74. The number of guanidine groups is 1. The van der Waals surface area contributed by atoms with Crippen LogP contribution < -0.4 is 10.6 Å². The summed E-state index contributed by atoms with van der Waals surface area (Å²) in [5, 5.41) is 6.95. The van der Waals surface area contributed by atoms with Crippen molar-refractivity contribution < 1.29 is 9.15 Å². The molecule has 1 aromatic rings. The molecule has 2 N–H and O–H groups in total. The van der Waals surface area contributed by atoms with Crippen LogP contribution in [0.25, 0.3) is 0 Å². The second kappa shape index (κ2) is 10.8. The average Bonchev–Trinajstić information content (AvgIpc) is 3.27. The molecule has 1 unspecified atom stereocenters. The van der Waals surface area contributed by atoms with Gasteiger partial charge >= 0.3 is 0 Å². The molecular weight excluding hydrogens is 417 g/mol. The molecule has 1 saturated heterocycles. The third-order valence-electron chi connectivity index (χ3n) is 4.32. The summed E-state index contributed by atoms with van der Waals surface area (Å²) in [7, 11) is 0. The average molecular weight is 445 g/mol. The summed E-state index contributed by atoms with van der Waals surface area (Å²) in [6, 6.07) is 4.38. The Hall–Kier alpha value is -1.02. The molecule has 1 aliphatic carbocycles. The normalized spacial score (nSPS) is 21.5. The van der Waals surface area contributed by atoms with Gasteiger partial charge in [0.15, 0.2) is 5.96 Å². The first kappa shape index (κ1) is 19.3. The van der Waals surface area contributed by atoms with Crippen LogP contribution in [0.2, 0.25) is 0 Å². The molecule has 6 heteroatoms. The quantitative estimate of drug-likeness (QED) is 0.306. The van der Waals surface area contributed by atoms with Crippen molar-refractivity contribution in [3.05, 3.63) is 36.3 Å². The third-order valence-corrected chi connectivity index (χ3v) is 4.32. The molecule has 3 rings (SSSR count). The van der Waals surface area contributed by atoms with E-state index in [0.717, 1.165) is 57.1 Å². The lowest BCUT2D eigenvalue weighted by Crippen LogP contribution is -2.43. The minimum absolute atomic E-state index is 0. The highest BCUT2D eigenvalue weighted by molar-refractivity contribution is 14.0. The Morgan fingerprint density at radius 2 is 2.12 bits per heavy atom. The Bertz CT molecular complexity index is 502. The molecule has 0 bridgehead atoms. The highest BCUT2D eigenvalue weighted by Gasteiger charge is 2.15. The van der Waals surface area contributed by atoms with E-state index in [1.54, 1.807) is 6.26 Å². The van der Waals surface area contributed by atoms with Gasteiger partial charge < -0.3 is 19.8 Å². The minimum Gasteiger partial charge on any atom is -0.469 e. The second-order valence-electron chi connectivity index (χ2n) is 6.22. The fraction of sp³-hybridized carbons (Fsp3) is 0.611. The summed E-state index contributed by atoms with van der Waals surface area (Å²) in [6.45, 7) is 2.42. The van der Waals surface area contributed by atoms with Gasteiger partial charge in [0.2, 0.25) is 0 Å². The summed E-state index contributed by atoms with van der Waals surface area (Å²) in [5.74, 6) is 1.88. The molecule has 5 nitrogen and oxygen atoms in total. The number of hydrogen-bond acceptors (Lipinski definition) is 3. The minimum atomic E-state index is 0. The van der Waals surface area contributed by atoms with E-state index in [4.69, 9.17) is 14.1 Å². The highest BCUT2D eigenvalue weighted by atomic mass is 127. The van der Waals surface area contributed by atoms with Crippen molar-refractivity contribution in [1.29, 1.82) is 0 Å². The van der Waals surface area contributed by atoms with Crippen LogP contribution in [0, 0.1) is 0 Å². The Morgan fingerprint density at radius 1 is 1.25 bits per heavy atom. The smallest absolute Gasteiger partial charge is 0.191 e. The van der Waals surface area contributed by atoms with Gasteiger partial charge in [0.1, 0.15) is 5.76 Å². The molecular formula is C18H28IN3O2. The summed E-state index contributed by atoms with van der Waals surface area (Å²) in [6.07, 6.45) is 13.0. The lowest BCUT2D eigenvalue weighted by Gasteiger charge is -2.22. The van der Waals surface area contributed by atoms with Crippen LogP contribution in [0.3, 0.4) is 0 Å². The zero-order chi connectivity index (χ0) is 15.7. The number of ether oxygens (including phenoxy) is 1. The first-order chi connectivity index (χ1) is 11.4. The predicted octanol–water partition coefficient (Wildman–Crippen LogP) is 3.26. The van der Waals surface area contributed by atoms with Gasteiger partial charge in [-0.2, -0.15) is 0 Å². The Balaban J connectivity index is 0.00000208. The molecule has 2 aliphatic rings. The van der Waals surface area contributed by atoms with E-state index in [-0.39, 0.29) is 30.1 Å². The van der Waals surface area contributed by atoms with Crippen LogP contribution in [-0.2, 0) is 11.2 Å². The molecule has 1 aliphatic heterocycles. The standard InChI is InChI=1S/C18H27N3O2.HI/c1-2-7-15(6-1)21-18(19-11-10-16-9-5-13-22-16)20-14-17-8-3-4-12-23-17;/h1-2,5,9,13,15,17H,3-4,6-8,10-12,14H2,(H2,19,20,21);1H. The van der Waals surface area contributed by atoms with E-state index >= 15 is 0 Å². The Kier molecular flexibility index (Phi) is 8.66. The lowest BCUT2D eigenvalue weighted by atomic mass is 10.1. The van der Waals surface area contributed by atoms with Crippen molar-refractivity contribution in [2.24, 2.45) is 4.99 Å². The fourth-order valence-electron chi connectivity index (χ4n) is 2.98. The van der Waals surface area contributed by atoms with E-state index in [2.05, 4.69) is 22.8 Å². The number of furan rings is 1. The second-order valence-corrected chi connectivity index (χ2v) is 6.22. The van der Waals surface area contributed by atoms with E-state index in [1.165, 1.54) is 12.8 Å². The number of aliphatic imine (C=N–C) groups is 1. The fourth-order valence-corrected chi connectivity index (χ4v) is 2.98. The van der Waals surface area contributed by atoms with E-state index in [1.807, 2.05) is 12.1 Å². The zero-order valence-corrected chi connectivity index (χ0v) is 16.4. The Morgan fingerprint density at radius 3 is 2.83 bits per heavy atom. The van der Waals surface area contributed by atoms with Crippen LogP contribution in [0.15, 0.2) is 40.0 Å². The molecule has 0 amide bonds. The summed E-state index contributed by atoms with van der Waals surface area (Å²) < 4.78 is 11.1. The van der Waals surface area contributed by atoms with E-state index in [9.17, 15) is 0 Å². The molecule has 1 fully saturated rings. The number of nitrogens with one attached hydrogen (secondary N) is 2. The first-order valence-corrected chi connectivity index (χ1v) is 8.74.